The molecule has 0 atom stereocenters. The largest absolute Gasteiger partial charge is 0.349 e. The number of amides is 1. The predicted octanol–water partition coefficient (Wildman–Crippen LogP) is 1.61. The number of hydrogen-bond acceptors (Lipinski definition) is 2. The summed E-state index contributed by atoms with van der Waals surface area (Å²) in [5, 5.41) is 2.54. The zero-order valence-electron chi connectivity index (χ0n) is 7.91. The number of pyridine rings is 1. The van der Waals surface area contributed by atoms with Crippen LogP contribution in [0.5, 0.6) is 0 Å². The first-order valence-corrected chi connectivity index (χ1v) is 4.65. The topological polar surface area (TPSA) is 42.0 Å². The Morgan fingerprint density at radius 3 is 2.53 bits per heavy atom. The van der Waals surface area contributed by atoms with Gasteiger partial charge in [-0.2, -0.15) is 0 Å². The van der Waals surface area contributed by atoms with Gasteiger partial charge in [0.2, 0.25) is 0 Å². The molecule has 15 heavy (non-hydrogen) atoms. The van der Waals surface area contributed by atoms with Crippen LogP contribution in [0.2, 0.25) is 0 Å². The lowest BCUT2D eigenvalue weighted by molar-refractivity contribution is -0.0901. The van der Waals surface area contributed by atoms with Crippen molar-refractivity contribution < 1.29 is 13.6 Å². The molecule has 0 unspecified atom stereocenters. The van der Waals surface area contributed by atoms with Gasteiger partial charge in [-0.25, -0.2) is 8.78 Å². The van der Waals surface area contributed by atoms with Crippen molar-refractivity contribution in [2.24, 2.45) is 0 Å². The Hall–Kier alpha value is -1.52. The molecule has 2 rings (SSSR count). The van der Waals surface area contributed by atoms with E-state index in [1.165, 1.54) is 12.4 Å². The van der Waals surface area contributed by atoms with E-state index < -0.39 is 12.0 Å². The molecular formula is C10H10F2N2O. The first-order chi connectivity index (χ1) is 7.07. The van der Waals surface area contributed by atoms with Gasteiger partial charge < -0.3 is 5.32 Å². The maximum Gasteiger partial charge on any atom is 0.252 e. The monoisotopic (exact) mass is 212 g/mol. The van der Waals surface area contributed by atoms with Crippen molar-refractivity contribution in [1.82, 2.24) is 10.3 Å². The van der Waals surface area contributed by atoms with Crippen LogP contribution in [-0.2, 0) is 0 Å². The molecule has 1 heterocycles. The van der Waals surface area contributed by atoms with E-state index in [4.69, 9.17) is 0 Å². The molecule has 0 saturated heterocycles. The maximum absolute atomic E-state index is 12.5. The highest BCUT2D eigenvalue weighted by atomic mass is 19.3. The Morgan fingerprint density at radius 1 is 1.40 bits per heavy atom. The van der Waals surface area contributed by atoms with E-state index in [-0.39, 0.29) is 18.7 Å². The van der Waals surface area contributed by atoms with Crippen molar-refractivity contribution >= 4 is 5.91 Å². The molecule has 1 aliphatic carbocycles. The quantitative estimate of drug-likeness (QED) is 0.809. The highest BCUT2D eigenvalue weighted by Crippen LogP contribution is 2.37. The van der Waals surface area contributed by atoms with Crippen LogP contribution in [-0.4, -0.2) is 22.9 Å². The van der Waals surface area contributed by atoms with Crippen LogP contribution in [0.25, 0.3) is 0 Å². The van der Waals surface area contributed by atoms with Crippen molar-refractivity contribution in [3.8, 4) is 0 Å². The molecule has 0 radical (unpaired) electrons. The van der Waals surface area contributed by atoms with Crippen LogP contribution >= 0.6 is 0 Å². The smallest absolute Gasteiger partial charge is 0.252 e. The first-order valence-electron chi connectivity index (χ1n) is 4.65. The van der Waals surface area contributed by atoms with Gasteiger partial charge in [0.1, 0.15) is 0 Å². The lowest BCUT2D eigenvalue weighted by atomic mass is 9.88. The minimum absolute atomic E-state index is 0.260. The van der Waals surface area contributed by atoms with Crippen LogP contribution in [0.15, 0.2) is 24.5 Å². The van der Waals surface area contributed by atoms with Crippen molar-refractivity contribution in [3.63, 3.8) is 0 Å². The fourth-order valence-electron chi connectivity index (χ4n) is 1.54. The average molecular weight is 212 g/mol. The van der Waals surface area contributed by atoms with Crippen molar-refractivity contribution in [2.75, 3.05) is 0 Å². The van der Waals surface area contributed by atoms with E-state index in [9.17, 15) is 13.6 Å². The summed E-state index contributed by atoms with van der Waals surface area (Å²) in [6, 6.07) is 2.69. The Bertz CT molecular complexity index is 359. The van der Waals surface area contributed by atoms with Crippen LogP contribution in [0, 0.1) is 0 Å². The zero-order chi connectivity index (χ0) is 10.9. The maximum atomic E-state index is 12.5. The third kappa shape index (κ3) is 2.29. The SMILES string of the molecule is O=C(NC1CC(F)(F)C1)c1ccncc1. The summed E-state index contributed by atoms with van der Waals surface area (Å²) < 4.78 is 25.0. The Labute approximate surface area is 85.5 Å². The third-order valence-corrected chi connectivity index (χ3v) is 2.37. The second-order valence-corrected chi connectivity index (χ2v) is 3.67. The van der Waals surface area contributed by atoms with E-state index in [0.717, 1.165) is 0 Å². The zero-order valence-corrected chi connectivity index (χ0v) is 7.91. The van der Waals surface area contributed by atoms with Crippen molar-refractivity contribution in [3.05, 3.63) is 30.1 Å². The van der Waals surface area contributed by atoms with Crippen LogP contribution < -0.4 is 5.32 Å². The highest BCUT2D eigenvalue weighted by Gasteiger charge is 2.45. The fourth-order valence-corrected chi connectivity index (χ4v) is 1.54. The van der Waals surface area contributed by atoms with E-state index in [1.54, 1.807) is 12.1 Å². The predicted molar refractivity (Wildman–Crippen MR) is 49.7 cm³/mol. The molecule has 0 spiro atoms. The average Bonchev–Trinajstić information content (AvgIpc) is 2.16. The van der Waals surface area contributed by atoms with Crippen LogP contribution in [0.1, 0.15) is 23.2 Å². The molecule has 1 saturated carbocycles. The number of carbonyl (C=O) groups excluding carboxylic acids is 1. The van der Waals surface area contributed by atoms with Gasteiger partial charge in [-0.3, -0.25) is 9.78 Å². The summed E-state index contributed by atoms with van der Waals surface area (Å²) in [6.07, 6.45) is 2.46. The Kier molecular flexibility index (Phi) is 2.38. The van der Waals surface area contributed by atoms with Gasteiger partial charge in [0.15, 0.2) is 0 Å². The number of nitrogens with one attached hydrogen (secondary N) is 1. The van der Waals surface area contributed by atoms with E-state index in [1.807, 2.05) is 0 Å². The van der Waals surface area contributed by atoms with Gasteiger partial charge >= 0.3 is 0 Å². The number of aromatic nitrogens is 1. The molecule has 0 bridgehead atoms. The molecule has 1 amide bonds. The van der Waals surface area contributed by atoms with Crippen molar-refractivity contribution in [1.29, 1.82) is 0 Å². The molecule has 1 fully saturated rings. The minimum atomic E-state index is -2.60. The van der Waals surface area contributed by atoms with E-state index in [2.05, 4.69) is 10.3 Å². The van der Waals surface area contributed by atoms with Gasteiger partial charge in [0.25, 0.3) is 11.8 Å². The fraction of sp³-hybridized carbons (Fsp3) is 0.400. The van der Waals surface area contributed by atoms with Gasteiger partial charge in [-0.1, -0.05) is 0 Å². The molecule has 1 aliphatic rings. The highest BCUT2D eigenvalue weighted by molar-refractivity contribution is 5.94. The molecule has 3 nitrogen and oxygen atoms in total. The molecule has 1 aromatic rings. The summed E-state index contributed by atoms with van der Waals surface area (Å²) in [5.74, 6) is -2.92. The summed E-state index contributed by atoms with van der Waals surface area (Å²) >= 11 is 0. The summed E-state index contributed by atoms with van der Waals surface area (Å²) in [7, 11) is 0. The van der Waals surface area contributed by atoms with Gasteiger partial charge in [-0.05, 0) is 12.1 Å². The number of hydrogen-bond donors (Lipinski definition) is 1. The normalized spacial score (nSPS) is 19.3. The lowest BCUT2D eigenvalue weighted by Crippen LogP contribution is -2.50. The molecular weight excluding hydrogens is 202 g/mol. The number of halogens is 2. The molecule has 1 aromatic heterocycles. The number of nitrogens with zero attached hydrogens (tertiary/aromatic N) is 1. The van der Waals surface area contributed by atoms with E-state index in [0.29, 0.717) is 5.56 Å². The van der Waals surface area contributed by atoms with Crippen LogP contribution in [0.4, 0.5) is 8.78 Å². The third-order valence-electron chi connectivity index (χ3n) is 2.37. The van der Waals surface area contributed by atoms with E-state index >= 15 is 0 Å². The molecule has 5 heteroatoms. The molecule has 0 aliphatic heterocycles. The van der Waals surface area contributed by atoms with Crippen molar-refractivity contribution in [2.45, 2.75) is 24.8 Å². The second kappa shape index (κ2) is 3.56. The Morgan fingerprint density at radius 2 is 2.00 bits per heavy atom. The minimum Gasteiger partial charge on any atom is -0.349 e. The lowest BCUT2D eigenvalue weighted by Gasteiger charge is -2.35. The van der Waals surface area contributed by atoms with Gasteiger partial charge in [0, 0.05) is 36.8 Å². The number of rotatable bonds is 2. The Balaban J connectivity index is 1.89. The summed E-state index contributed by atoms with van der Waals surface area (Å²) in [6.45, 7) is 0. The molecule has 0 aromatic carbocycles. The number of carbonyl (C=O) groups is 1. The second-order valence-electron chi connectivity index (χ2n) is 3.67. The van der Waals surface area contributed by atoms with Crippen LogP contribution in [0.3, 0.4) is 0 Å². The summed E-state index contributed by atoms with van der Waals surface area (Å²) in [5.41, 5.74) is 0.445. The summed E-state index contributed by atoms with van der Waals surface area (Å²) in [4.78, 5) is 15.2. The molecule has 1 N–H and O–H groups in total. The van der Waals surface area contributed by atoms with Gasteiger partial charge in [0.05, 0.1) is 0 Å². The standard InChI is InChI=1S/C10H10F2N2O/c11-10(12)5-8(6-10)14-9(15)7-1-3-13-4-2-7/h1-4,8H,5-6H2,(H,14,15). The molecule has 80 valence electrons. The first kappa shape index (κ1) is 10.0. The number of alkyl halides is 2. The van der Waals surface area contributed by atoms with Gasteiger partial charge in [-0.15, -0.1) is 0 Å².